The maximum absolute atomic E-state index is 13.2. The quantitative estimate of drug-likeness (QED) is 0.217. The number of ether oxygens (including phenoxy) is 2. The number of benzene rings is 2. The molecule has 0 radical (unpaired) electrons. The van der Waals surface area contributed by atoms with Crippen LogP contribution < -0.4 is 0 Å². The standard InChI is InChI=1S/C25H33O4PS/c1-3-28-24(26)25(18-30-27,29-4-2)23(20-11-6-5-7-12-20)17-31-22-15-14-19-10-8-9-13-21(19)16-22/h8-10,13-16,20,23H,3-7,11-12,17-18H2,1-2H3/p+1. The number of rotatable bonds is 11. The SMILES string of the molecule is CCOC(=O)C(C[PH+]=O)(OCC)C(CSc1ccc2ccccc2c1)C1CCCCC1. The molecule has 4 nitrogen and oxygen atoms in total. The summed E-state index contributed by atoms with van der Waals surface area (Å²) in [6.45, 7) is 4.40. The van der Waals surface area contributed by atoms with Gasteiger partial charge in [-0.1, -0.05) is 67.0 Å². The van der Waals surface area contributed by atoms with Crippen LogP contribution in [0.25, 0.3) is 10.8 Å². The van der Waals surface area contributed by atoms with E-state index in [-0.39, 0.29) is 18.0 Å². The van der Waals surface area contributed by atoms with Crippen molar-refractivity contribution in [2.24, 2.45) is 11.8 Å². The van der Waals surface area contributed by atoms with Crippen LogP contribution in [0, 0.1) is 11.8 Å². The van der Waals surface area contributed by atoms with Gasteiger partial charge in [-0.15, -0.1) is 11.8 Å². The summed E-state index contributed by atoms with van der Waals surface area (Å²) in [6, 6.07) is 14.8. The van der Waals surface area contributed by atoms with E-state index in [9.17, 15) is 9.36 Å². The van der Waals surface area contributed by atoms with Gasteiger partial charge in [0.05, 0.1) is 6.61 Å². The van der Waals surface area contributed by atoms with Crippen LogP contribution in [0.15, 0.2) is 47.4 Å². The zero-order valence-corrected chi connectivity index (χ0v) is 20.4. The van der Waals surface area contributed by atoms with Gasteiger partial charge in [0.15, 0.2) is 6.16 Å². The highest BCUT2D eigenvalue weighted by molar-refractivity contribution is 7.99. The van der Waals surface area contributed by atoms with E-state index in [1.54, 1.807) is 11.8 Å². The van der Waals surface area contributed by atoms with Gasteiger partial charge >= 0.3 is 14.4 Å². The third-order valence-electron chi connectivity index (χ3n) is 6.33. The van der Waals surface area contributed by atoms with E-state index in [2.05, 4.69) is 36.4 Å². The van der Waals surface area contributed by atoms with Crippen molar-refractivity contribution in [2.45, 2.75) is 56.4 Å². The van der Waals surface area contributed by atoms with Crippen LogP contribution in [0.2, 0.25) is 0 Å². The number of esters is 1. The molecule has 0 spiro atoms. The lowest BCUT2D eigenvalue weighted by molar-refractivity contribution is -0.178. The fraction of sp³-hybridized carbons (Fsp3) is 0.560. The summed E-state index contributed by atoms with van der Waals surface area (Å²) in [5.41, 5.74) is -1.14. The number of thioether (sulfide) groups is 1. The molecule has 0 bridgehead atoms. The van der Waals surface area contributed by atoms with E-state index >= 15 is 0 Å². The number of hydrogen-bond acceptors (Lipinski definition) is 5. The highest BCUT2D eigenvalue weighted by atomic mass is 32.2. The van der Waals surface area contributed by atoms with Crippen LogP contribution in [0.3, 0.4) is 0 Å². The average Bonchev–Trinajstić information content (AvgIpc) is 2.80. The van der Waals surface area contributed by atoms with Crippen molar-refractivity contribution in [3.05, 3.63) is 42.5 Å². The largest absolute Gasteiger partial charge is 0.464 e. The van der Waals surface area contributed by atoms with Gasteiger partial charge < -0.3 is 9.47 Å². The van der Waals surface area contributed by atoms with Gasteiger partial charge in [0.1, 0.15) is 0 Å². The van der Waals surface area contributed by atoms with Gasteiger partial charge in [0.2, 0.25) is 5.60 Å². The number of carbonyl (C=O) groups excluding carboxylic acids is 1. The van der Waals surface area contributed by atoms with Crippen molar-refractivity contribution in [1.82, 2.24) is 0 Å². The lowest BCUT2D eigenvalue weighted by Gasteiger charge is -2.40. The molecule has 3 unspecified atom stereocenters. The molecule has 0 amide bonds. The van der Waals surface area contributed by atoms with Crippen LogP contribution in [-0.4, -0.2) is 36.7 Å². The smallest absolute Gasteiger partial charge is 0.343 e. The summed E-state index contributed by atoms with van der Waals surface area (Å²) in [4.78, 5) is 14.4. The lowest BCUT2D eigenvalue weighted by Crippen LogP contribution is -2.55. The van der Waals surface area contributed by atoms with Crippen LogP contribution in [0.5, 0.6) is 0 Å². The Bertz CT molecular complexity index is 867. The molecular formula is C25H34O4PS+. The van der Waals surface area contributed by atoms with Gasteiger partial charge in [-0.25, -0.2) is 4.79 Å². The summed E-state index contributed by atoms with van der Waals surface area (Å²) in [6.07, 6.45) is 5.95. The molecule has 0 aromatic heterocycles. The minimum absolute atomic E-state index is 0.0373. The highest BCUT2D eigenvalue weighted by Crippen LogP contribution is 2.43. The number of fused-ring (bicyclic) bond motifs is 1. The van der Waals surface area contributed by atoms with Crippen molar-refractivity contribution < 1.29 is 18.8 Å². The zero-order chi connectivity index (χ0) is 22.1. The second-order valence-corrected chi connectivity index (χ2v) is 9.92. The Morgan fingerprint density at radius 1 is 1.10 bits per heavy atom. The van der Waals surface area contributed by atoms with E-state index in [4.69, 9.17) is 9.47 Å². The van der Waals surface area contributed by atoms with Gasteiger partial charge in [-0.3, -0.25) is 0 Å². The van der Waals surface area contributed by atoms with Gasteiger partial charge in [0.25, 0.3) is 0 Å². The second-order valence-electron chi connectivity index (χ2n) is 8.19. The fourth-order valence-electron chi connectivity index (χ4n) is 4.82. The minimum Gasteiger partial charge on any atom is -0.464 e. The Labute approximate surface area is 191 Å². The van der Waals surface area contributed by atoms with Crippen LogP contribution in [-0.2, 0) is 18.8 Å². The lowest BCUT2D eigenvalue weighted by atomic mass is 9.73. The molecule has 1 aliphatic carbocycles. The summed E-state index contributed by atoms with van der Waals surface area (Å²) in [5.74, 6) is 0.723. The minimum atomic E-state index is -1.14. The van der Waals surface area contributed by atoms with Crippen molar-refractivity contribution in [1.29, 1.82) is 0 Å². The molecule has 3 rings (SSSR count). The predicted octanol–water partition coefficient (Wildman–Crippen LogP) is 6.49. The molecule has 2 aromatic rings. The summed E-state index contributed by atoms with van der Waals surface area (Å²) < 4.78 is 23.5. The zero-order valence-electron chi connectivity index (χ0n) is 18.6. The van der Waals surface area contributed by atoms with Crippen LogP contribution in [0.1, 0.15) is 46.0 Å². The molecule has 1 fully saturated rings. The average molecular weight is 462 g/mol. The molecule has 6 heteroatoms. The monoisotopic (exact) mass is 461 g/mol. The van der Waals surface area contributed by atoms with Gasteiger partial charge in [-0.05, 0) is 42.7 Å². The molecule has 1 saturated carbocycles. The van der Waals surface area contributed by atoms with Crippen LogP contribution >= 0.6 is 20.2 Å². The van der Waals surface area contributed by atoms with Crippen molar-refractivity contribution in [2.75, 3.05) is 25.1 Å². The molecular weight excluding hydrogens is 427 g/mol. The van der Waals surface area contributed by atoms with Crippen molar-refractivity contribution in [3.63, 3.8) is 0 Å². The summed E-state index contributed by atoms with van der Waals surface area (Å²) in [7, 11) is -0.604. The number of carbonyl (C=O) groups is 1. The third kappa shape index (κ3) is 5.88. The Morgan fingerprint density at radius 3 is 2.52 bits per heavy atom. The molecule has 0 N–H and O–H groups in total. The van der Waals surface area contributed by atoms with E-state index in [1.807, 2.05) is 19.9 Å². The maximum atomic E-state index is 13.2. The Morgan fingerprint density at radius 2 is 1.84 bits per heavy atom. The van der Waals surface area contributed by atoms with E-state index in [0.717, 1.165) is 18.6 Å². The van der Waals surface area contributed by atoms with Crippen molar-refractivity contribution in [3.8, 4) is 0 Å². The maximum Gasteiger partial charge on any atom is 0.343 e. The highest BCUT2D eigenvalue weighted by Gasteiger charge is 2.53. The van der Waals surface area contributed by atoms with Crippen LogP contribution in [0.4, 0.5) is 0 Å². The Balaban J connectivity index is 1.91. The van der Waals surface area contributed by atoms with E-state index < -0.39 is 14.1 Å². The first-order chi connectivity index (χ1) is 15.1. The third-order valence-corrected chi connectivity index (χ3v) is 8.11. The molecule has 31 heavy (non-hydrogen) atoms. The first kappa shape index (κ1) is 24.2. The molecule has 2 aromatic carbocycles. The topological polar surface area (TPSA) is 52.6 Å². The molecule has 0 heterocycles. The predicted molar refractivity (Wildman–Crippen MR) is 130 cm³/mol. The fourth-order valence-corrected chi connectivity index (χ4v) is 6.83. The first-order valence-corrected chi connectivity index (χ1v) is 13.5. The van der Waals surface area contributed by atoms with E-state index in [0.29, 0.717) is 19.1 Å². The summed E-state index contributed by atoms with van der Waals surface area (Å²) in [5, 5.41) is 2.43. The molecule has 3 atom stereocenters. The van der Waals surface area contributed by atoms with Gasteiger partial charge in [-0.2, -0.15) is 0 Å². The Kier molecular flexibility index (Phi) is 9.37. The Hall–Kier alpha value is -1.42. The van der Waals surface area contributed by atoms with Gasteiger partial charge in [0, 0.05) is 23.2 Å². The molecule has 0 saturated heterocycles. The number of hydrogen-bond donors (Lipinski definition) is 0. The second kappa shape index (κ2) is 12.0. The molecule has 1 aliphatic rings. The van der Waals surface area contributed by atoms with E-state index in [1.165, 1.54) is 34.9 Å². The normalized spacial score (nSPS) is 18.0. The summed E-state index contributed by atoms with van der Waals surface area (Å²) >= 11 is 1.76. The molecule has 0 aliphatic heterocycles. The first-order valence-electron chi connectivity index (χ1n) is 11.4. The van der Waals surface area contributed by atoms with Crippen molar-refractivity contribution >= 4 is 37.0 Å². The molecule has 168 valence electrons.